The van der Waals surface area contributed by atoms with Gasteiger partial charge in [0.2, 0.25) is 11.8 Å². The van der Waals surface area contributed by atoms with Gasteiger partial charge in [0.1, 0.15) is 23.6 Å². The second kappa shape index (κ2) is 8.58. The van der Waals surface area contributed by atoms with Gasteiger partial charge in [0, 0.05) is 35.6 Å². The third-order valence-electron chi connectivity index (χ3n) is 3.70. The number of amides is 1. The Balaban J connectivity index is 2.16. The minimum Gasteiger partial charge on any atom is -0.507 e. The van der Waals surface area contributed by atoms with Gasteiger partial charge in [-0.15, -0.1) is 0 Å². The molecule has 9 heteroatoms. The molecule has 0 saturated carbocycles. The van der Waals surface area contributed by atoms with Crippen molar-refractivity contribution < 1.29 is 19.2 Å². The fourth-order valence-electron chi connectivity index (χ4n) is 2.46. The summed E-state index contributed by atoms with van der Waals surface area (Å²) in [7, 11) is 1.49. The molecule has 2 rings (SSSR count). The van der Waals surface area contributed by atoms with Gasteiger partial charge >= 0.3 is 0 Å². The van der Waals surface area contributed by atoms with E-state index in [1.54, 1.807) is 13.8 Å². The zero-order valence-electron chi connectivity index (χ0n) is 15.0. The van der Waals surface area contributed by atoms with Crippen molar-refractivity contribution in [1.29, 1.82) is 5.26 Å². The maximum absolute atomic E-state index is 11.4. The van der Waals surface area contributed by atoms with Crippen LogP contribution in [0.2, 0.25) is 0 Å². The summed E-state index contributed by atoms with van der Waals surface area (Å²) in [5, 5.41) is 26.2. The van der Waals surface area contributed by atoms with Crippen LogP contribution < -0.4 is 10.1 Å². The standard InChI is InChI=1S/C17H20N4O4S/c1-9-12(6-18)13(15(23)5-16(9)24-4)7-26-8-14(20-11(3)22)17-19-10(2)21-25-17/h5,14,23H,7-8H2,1-4H3,(H,20,22)/t14-/m0/s1. The number of rotatable bonds is 7. The number of benzene rings is 1. The largest absolute Gasteiger partial charge is 0.507 e. The lowest BCUT2D eigenvalue weighted by Crippen LogP contribution is -2.28. The predicted octanol–water partition coefficient (Wildman–Crippen LogP) is 2.38. The first-order valence-electron chi connectivity index (χ1n) is 7.82. The lowest BCUT2D eigenvalue weighted by molar-refractivity contribution is -0.119. The van der Waals surface area contributed by atoms with E-state index in [-0.39, 0.29) is 11.7 Å². The molecule has 1 heterocycles. The molecule has 0 radical (unpaired) electrons. The second-order valence-corrected chi connectivity index (χ2v) is 6.67. The van der Waals surface area contributed by atoms with Gasteiger partial charge in [-0.05, 0) is 13.8 Å². The number of ether oxygens (including phenoxy) is 1. The molecule has 138 valence electrons. The maximum atomic E-state index is 11.4. The number of aromatic hydroxyl groups is 1. The summed E-state index contributed by atoms with van der Waals surface area (Å²) in [6, 6.07) is 3.17. The SMILES string of the molecule is COc1cc(O)c(CSC[C@H](NC(C)=O)c2nc(C)no2)c(C#N)c1C. The fraction of sp³-hybridized carbons (Fsp3) is 0.412. The van der Waals surface area contributed by atoms with E-state index in [0.717, 1.165) is 0 Å². The van der Waals surface area contributed by atoms with Crippen LogP contribution in [-0.4, -0.2) is 34.0 Å². The first-order chi connectivity index (χ1) is 12.4. The van der Waals surface area contributed by atoms with Gasteiger partial charge in [0.05, 0.1) is 12.7 Å². The van der Waals surface area contributed by atoms with Gasteiger partial charge in [0.25, 0.3) is 0 Å². The molecule has 8 nitrogen and oxygen atoms in total. The van der Waals surface area contributed by atoms with Crippen molar-refractivity contribution in [1.82, 2.24) is 15.5 Å². The van der Waals surface area contributed by atoms with Crippen LogP contribution in [0.4, 0.5) is 0 Å². The number of carbonyl (C=O) groups is 1. The van der Waals surface area contributed by atoms with Crippen molar-refractivity contribution in [2.24, 2.45) is 0 Å². The van der Waals surface area contributed by atoms with Crippen molar-refractivity contribution in [3.63, 3.8) is 0 Å². The molecule has 0 bridgehead atoms. The molecule has 1 atom stereocenters. The summed E-state index contributed by atoms with van der Waals surface area (Å²) in [5.41, 5.74) is 1.59. The highest BCUT2D eigenvalue weighted by atomic mass is 32.2. The van der Waals surface area contributed by atoms with Crippen LogP contribution in [0.15, 0.2) is 10.6 Å². The van der Waals surface area contributed by atoms with Crippen molar-refractivity contribution in [3.8, 4) is 17.6 Å². The first-order valence-corrected chi connectivity index (χ1v) is 8.97. The third kappa shape index (κ3) is 4.46. The lowest BCUT2D eigenvalue weighted by atomic mass is 10.0. The van der Waals surface area contributed by atoms with Gasteiger partial charge in [-0.3, -0.25) is 4.79 Å². The highest BCUT2D eigenvalue weighted by Gasteiger charge is 2.21. The van der Waals surface area contributed by atoms with Crippen molar-refractivity contribution in [2.75, 3.05) is 12.9 Å². The highest BCUT2D eigenvalue weighted by molar-refractivity contribution is 7.98. The Morgan fingerprint density at radius 2 is 2.27 bits per heavy atom. The summed E-state index contributed by atoms with van der Waals surface area (Å²) in [4.78, 5) is 15.6. The quantitative estimate of drug-likeness (QED) is 0.755. The molecular formula is C17H20N4O4S. The molecule has 2 aromatic rings. The molecule has 26 heavy (non-hydrogen) atoms. The molecule has 1 aromatic heterocycles. The van der Waals surface area contributed by atoms with E-state index >= 15 is 0 Å². The summed E-state index contributed by atoms with van der Waals surface area (Å²) < 4.78 is 10.3. The van der Waals surface area contributed by atoms with Gasteiger partial charge in [0.15, 0.2) is 5.82 Å². The molecule has 0 fully saturated rings. The number of phenols is 1. The summed E-state index contributed by atoms with van der Waals surface area (Å²) >= 11 is 1.43. The van der Waals surface area contributed by atoms with Gasteiger partial charge in [-0.2, -0.15) is 22.0 Å². The molecule has 2 N–H and O–H groups in total. The van der Waals surface area contributed by atoms with Crippen LogP contribution in [-0.2, 0) is 10.5 Å². The van der Waals surface area contributed by atoms with Crippen molar-refractivity contribution >= 4 is 17.7 Å². The maximum Gasteiger partial charge on any atom is 0.250 e. The Labute approximate surface area is 155 Å². The number of phenolic OH excluding ortho intramolecular Hbond substituents is 1. The third-order valence-corrected chi connectivity index (χ3v) is 4.77. The molecule has 0 aliphatic heterocycles. The molecule has 1 amide bonds. The number of aromatic nitrogens is 2. The van der Waals surface area contributed by atoms with E-state index in [1.807, 2.05) is 0 Å². The van der Waals surface area contributed by atoms with E-state index in [0.29, 0.717) is 45.7 Å². The smallest absolute Gasteiger partial charge is 0.250 e. The molecule has 0 saturated heterocycles. The Morgan fingerprint density at radius 3 is 2.81 bits per heavy atom. The van der Waals surface area contributed by atoms with Crippen LogP contribution in [0.1, 0.15) is 41.4 Å². The molecule has 1 aromatic carbocycles. The number of nitrogens with zero attached hydrogens (tertiary/aromatic N) is 3. The average molecular weight is 376 g/mol. The Kier molecular flexibility index (Phi) is 6.46. The number of hydrogen-bond donors (Lipinski definition) is 2. The van der Waals surface area contributed by atoms with Crippen molar-refractivity contribution in [3.05, 3.63) is 34.5 Å². The van der Waals surface area contributed by atoms with Crippen LogP contribution in [0.25, 0.3) is 0 Å². The summed E-state index contributed by atoms with van der Waals surface area (Å²) in [5.74, 6) is 1.87. The summed E-state index contributed by atoms with van der Waals surface area (Å²) in [6.45, 7) is 4.88. The van der Waals surface area contributed by atoms with E-state index in [4.69, 9.17) is 9.26 Å². The lowest BCUT2D eigenvalue weighted by Gasteiger charge is -2.15. The number of carbonyl (C=O) groups excluding carboxylic acids is 1. The zero-order valence-corrected chi connectivity index (χ0v) is 15.8. The Morgan fingerprint density at radius 1 is 1.54 bits per heavy atom. The molecule has 0 unspecified atom stereocenters. The molecular weight excluding hydrogens is 356 g/mol. The summed E-state index contributed by atoms with van der Waals surface area (Å²) in [6.07, 6.45) is 0. The number of thioether (sulfide) groups is 1. The fourth-order valence-corrected chi connectivity index (χ4v) is 3.54. The van der Waals surface area contributed by atoms with Crippen LogP contribution in [0, 0.1) is 25.2 Å². The zero-order chi connectivity index (χ0) is 19.3. The van der Waals surface area contributed by atoms with Gasteiger partial charge in [-0.1, -0.05) is 5.16 Å². The topological polar surface area (TPSA) is 121 Å². The van der Waals surface area contributed by atoms with Gasteiger partial charge < -0.3 is 19.7 Å². The predicted molar refractivity (Wildman–Crippen MR) is 95.9 cm³/mol. The Bertz CT molecular complexity index is 844. The number of hydrogen-bond acceptors (Lipinski definition) is 8. The first kappa shape index (κ1) is 19.6. The van der Waals surface area contributed by atoms with Crippen LogP contribution in [0.3, 0.4) is 0 Å². The van der Waals surface area contributed by atoms with Crippen LogP contribution in [0.5, 0.6) is 11.5 Å². The normalized spacial score (nSPS) is 11.7. The average Bonchev–Trinajstić information content (AvgIpc) is 3.02. The second-order valence-electron chi connectivity index (χ2n) is 5.64. The number of nitrogens with one attached hydrogen (secondary N) is 1. The number of nitriles is 1. The Hall–Kier alpha value is -2.73. The number of methoxy groups -OCH3 is 1. The molecule has 0 spiro atoms. The highest BCUT2D eigenvalue weighted by Crippen LogP contribution is 2.35. The molecule has 0 aliphatic rings. The van der Waals surface area contributed by atoms with E-state index < -0.39 is 6.04 Å². The van der Waals surface area contributed by atoms with E-state index in [9.17, 15) is 15.2 Å². The minimum atomic E-state index is -0.453. The van der Waals surface area contributed by atoms with E-state index in [1.165, 1.54) is 31.9 Å². The minimum absolute atomic E-state index is 0.00112. The van der Waals surface area contributed by atoms with Crippen molar-refractivity contribution in [2.45, 2.75) is 32.6 Å². The van der Waals surface area contributed by atoms with E-state index in [2.05, 4.69) is 21.5 Å². The van der Waals surface area contributed by atoms with Gasteiger partial charge in [-0.25, -0.2) is 0 Å². The van der Waals surface area contributed by atoms with Crippen LogP contribution >= 0.6 is 11.8 Å². The molecule has 0 aliphatic carbocycles. The monoisotopic (exact) mass is 376 g/mol. The number of aryl methyl sites for hydroxylation is 1.